The normalized spacial score (nSPS) is 22.0. The number of unbranched alkanes of at least 4 members (excludes halogenated alkanes) is 7. The minimum absolute atomic E-state index is 0.128. The summed E-state index contributed by atoms with van der Waals surface area (Å²) >= 11 is 0. The third-order valence-electron chi connectivity index (χ3n) is 4.00. The Balaban J connectivity index is 1.87. The number of aliphatic hydroxyl groups excluding tert-OH is 1. The molecular formula is C16H32O2. The highest BCUT2D eigenvalue weighted by Crippen LogP contribution is 2.19. The molecule has 2 atom stereocenters. The first-order valence-electron chi connectivity index (χ1n) is 8.14. The summed E-state index contributed by atoms with van der Waals surface area (Å²) in [7, 11) is 0. The monoisotopic (exact) mass is 256 g/mol. The van der Waals surface area contributed by atoms with Crippen molar-refractivity contribution in [1.29, 1.82) is 0 Å². The smallest absolute Gasteiger partial charge is 0.0833 e. The largest absolute Gasteiger partial charge is 0.390 e. The first-order valence-corrected chi connectivity index (χ1v) is 8.14. The molecule has 0 aromatic rings. The van der Waals surface area contributed by atoms with Gasteiger partial charge in [-0.25, -0.2) is 0 Å². The van der Waals surface area contributed by atoms with Crippen LogP contribution in [0, 0.1) is 0 Å². The van der Waals surface area contributed by atoms with Crippen molar-refractivity contribution in [1.82, 2.24) is 0 Å². The molecule has 0 amide bonds. The van der Waals surface area contributed by atoms with Crippen molar-refractivity contribution in [3.05, 3.63) is 0 Å². The summed E-state index contributed by atoms with van der Waals surface area (Å²) in [4.78, 5) is 0. The van der Waals surface area contributed by atoms with Crippen molar-refractivity contribution in [2.75, 3.05) is 6.61 Å². The van der Waals surface area contributed by atoms with Gasteiger partial charge >= 0.3 is 0 Å². The van der Waals surface area contributed by atoms with Crippen LogP contribution in [0.25, 0.3) is 0 Å². The van der Waals surface area contributed by atoms with E-state index in [1.165, 1.54) is 57.8 Å². The maximum atomic E-state index is 10.0. The molecule has 0 radical (unpaired) electrons. The summed E-state index contributed by atoms with van der Waals surface area (Å²) in [5.41, 5.74) is 0. The highest BCUT2D eigenvalue weighted by atomic mass is 16.5. The highest BCUT2D eigenvalue weighted by molar-refractivity contribution is 4.72. The van der Waals surface area contributed by atoms with Crippen LogP contribution in [-0.4, -0.2) is 23.9 Å². The van der Waals surface area contributed by atoms with Crippen LogP contribution in [0.4, 0.5) is 0 Å². The standard InChI is InChI=1S/C16H32O2/c1-2-3-4-5-6-7-8-9-12-15(17)16-13-10-11-14-18-16/h15-17H,2-14H2,1H3. The van der Waals surface area contributed by atoms with E-state index in [0.717, 1.165) is 25.9 Å². The van der Waals surface area contributed by atoms with Gasteiger partial charge in [-0.2, -0.15) is 0 Å². The minimum Gasteiger partial charge on any atom is -0.390 e. The van der Waals surface area contributed by atoms with E-state index in [-0.39, 0.29) is 12.2 Å². The van der Waals surface area contributed by atoms with Gasteiger partial charge in [-0.15, -0.1) is 0 Å². The summed E-state index contributed by atoms with van der Waals surface area (Å²) < 4.78 is 5.61. The SMILES string of the molecule is CCCCCCCCCCC(O)C1CCCCO1. The van der Waals surface area contributed by atoms with E-state index in [9.17, 15) is 5.11 Å². The van der Waals surface area contributed by atoms with E-state index in [2.05, 4.69) is 6.92 Å². The first kappa shape index (κ1) is 16.0. The fourth-order valence-corrected chi connectivity index (χ4v) is 2.74. The van der Waals surface area contributed by atoms with E-state index in [4.69, 9.17) is 4.74 Å². The van der Waals surface area contributed by atoms with Crippen LogP contribution in [0.2, 0.25) is 0 Å². The fourth-order valence-electron chi connectivity index (χ4n) is 2.74. The van der Waals surface area contributed by atoms with E-state index in [1.54, 1.807) is 0 Å². The minimum atomic E-state index is -0.217. The number of ether oxygens (including phenoxy) is 1. The van der Waals surface area contributed by atoms with Crippen LogP contribution in [0.1, 0.15) is 84.0 Å². The molecule has 2 nitrogen and oxygen atoms in total. The van der Waals surface area contributed by atoms with E-state index in [0.29, 0.717) is 0 Å². The zero-order valence-corrected chi connectivity index (χ0v) is 12.2. The third kappa shape index (κ3) is 7.38. The zero-order chi connectivity index (χ0) is 13.1. The molecule has 0 spiro atoms. The molecule has 2 heteroatoms. The Morgan fingerprint density at radius 1 is 1.00 bits per heavy atom. The predicted molar refractivity (Wildman–Crippen MR) is 76.8 cm³/mol. The summed E-state index contributed by atoms with van der Waals surface area (Å²) in [5, 5.41) is 10.0. The second-order valence-corrected chi connectivity index (χ2v) is 5.74. The lowest BCUT2D eigenvalue weighted by molar-refractivity contribution is -0.0648. The Morgan fingerprint density at radius 3 is 2.28 bits per heavy atom. The van der Waals surface area contributed by atoms with Gasteiger partial charge in [-0.05, 0) is 25.7 Å². The van der Waals surface area contributed by atoms with Crippen LogP contribution in [0.5, 0.6) is 0 Å². The lowest BCUT2D eigenvalue weighted by atomic mass is 9.99. The quantitative estimate of drug-likeness (QED) is 0.585. The molecular weight excluding hydrogens is 224 g/mol. The Hall–Kier alpha value is -0.0800. The number of aliphatic hydroxyl groups is 1. The molecule has 1 aliphatic rings. The molecule has 2 unspecified atom stereocenters. The average Bonchev–Trinajstić information content (AvgIpc) is 2.42. The molecule has 108 valence electrons. The van der Waals surface area contributed by atoms with Crippen LogP contribution in [0.15, 0.2) is 0 Å². The Kier molecular flexibility index (Phi) is 9.59. The Bertz CT molecular complexity index is 176. The van der Waals surface area contributed by atoms with E-state index in [1.807, 2.05) is 0 Å². The summed E-state index contributed by atoms with van der Waals surface area (Å²) in [5.74, 6) is 0. The van der Waals surface area contributed by atoms with Crippen molar-refractivity contribution in [2.45, 2.75) is 96.2 Å². The topological polar surface area (TPSA) is 29.5 Å². The molecule has 1 fully saturated rings. The van der Waals surface area contributed by atoms with Crippen LogP contribution >= 0.6 is 0 Å². The average molecular weight is 256 g/mol. The van der Waals surface area contributed by atoms with Gasteiger partial charge in [0, 0.05) is 6.61 Å². The maximum Gasteiger partial charge on any atom is 0.0833 e. The summed E-state index contributed by atoms with van der Waals surface area (Å²) in [6.07, 6.45) is 14.9. The lowest BCUT2D eigenvalue weighted by Crippen LogP contribution is -2.32. The summed E-state index contributed by atoms with van der Waals surface area (Å²) in [6, 6.07) is 0. The van der Waals surface area contributed by atoms with Crippen molar-refractivity contribution in [3.63, 3.8) is 0 Å². The van der Waals surface area contributed by atoms with Crippen molar-refractivity contribution in [3.8, 4) is 0 Å². The molecule has 0 bridgehead atoms. The highest BCUT2D eigenvalue weighted by Gasteiger charge is 2.21. The second kappa shape index (κ2) is 10.8. The van der Waals surface area contributed by atoms with Gasteiger partial charge in [0.15, 0.2) is 0 Å². The van der Waals surface area contributed by atoms with E-state index < -0.39 is 0 Å². The molecule has 0 aromatic carbocycles. The van der Waals surface area contributed by atoms with Gasteiger partial charge < -0.3 is 9.84 Å². The Morgan fingerprint density at radius 2 is 1.67 bits per heavy atom. The molecule has 1 N–H and O–H groups in total. The van der Waals surface area contributed by atoms with Crippen molar-refractivity contribution >= 4 is 0 Å². The molecule has 1 rings (SSSR count). The molecule has 0 aromatic heterocycles. The zero-order valence-electron chi connectivity index (χ0n) is 12.2. The van der Waals surface area contributed by atoms with E-state index >= 15 is 0 Å². The van der Waals surface area contributed by atoms with Gasteiger partial charge in [-0.3, -0.25) is 0 Å². The van der Waals surface area contributed by atoms with Gasteiger partial charge in [-0.1, -0.05) is 58.3 Å². The van der Waals surface area contributed by atoms with Crippen LogP contribution in [0.3, 0.4) is 0 Å². The number of hydrogen-bond acceptors (Lipinski definition) is 2. The molecule has 1 saturated heterocycles. The molecule has 18 heavy (non-hydrogen) atoms. The van der Waals surface area contributed by atoms with Crippen LogP contribution < -0.4 is 0 Å². The first-order chi connectivity index (χ1) is 8.84. The predicted octanol–water partition coefficient (Wildman–Crippen LogP) is 4.45. The lowest BCUT2D eigenvalue weighted by Gasteiger charge is -2.27. The molecule has 0 aliphatic carbocycles. The maximum absolute atomic E-state index is 10.0. The van der Waals surface area contributed by atoms with Crippen molar-refractivity contribution in [2.24, 2.45) is 0 Å². The van der Waals surface area contributed by atoms with Crippen LogP contribution in [-0.2, 0) is 4.74 Å². The third-order valence-corrected chi connectivity index (χ3v) is 4.00. The second-order valence-electron chi connectivity index (χ2n) is 5.74. The number of hydrogen-bond donors (Lipinski definition) is 1. The Labute approximate surface area is 113 Å². The number of rotatable bonds is 10. The fraction of sp³-hybridized carbons (Fsp3) is 1.00. The molecule has 1 heterocycles. The van der Waals surface area contributed by atoms with Gasteiger partial charge in [0.05, 0.1) is 12.2 Å². The van der Waals surface area contributed by atoms with Gasteiger partial charge in [0.1, 0.15) is 0 Å². The van der Waals surface area contributed by atoms with Gasteiger partial charge in [0.25, 0.3) is 0 Å². The molecule has 0 saturated carbocycles. The summed E-state index contributed by atoms with van der Waals surface area (Å²) in [6.45, 7) is 3.11. The molecule has 1 aliphatic heterocycles. The van der Waals surface area contributed by atoms with Gasteiger partial charge in [0.2, 0.25) is 0 Å². The van der Waals surface area contributed by atoms with Crippen molar-refractivity contribution < 1.29 is 9.84 Å².